The molecule has 1 aliphatic carbocycles. The molecule has 13 heteroatoms. The number of methoxy groups -OCH3 is 2. The first kappa shape index (κ1) is 39.2. The first-order chi connectivity index (χ1) is 26.5. The standard InChI is InChI=1S/C42H53N7O6/c1-25(2)37(47-42(53)55-6)41(52)48-21-9-12-35(48)39-44-23-34(46-39)30-19-15-28(16-20-30)27-13-17-29(18-14-27)33-22-43-38(45-33)31-10-7-8-11-32(31)40(51)49(26(3)4)24-36(50)54-5/h13-20,22-23,25-26,31-32,35,37H,7-12,21,24H2,1-6H3,(H,43,45)(H,44,46)(H,47,53)/t31?,32?,35-,37-/m0/s1. The van der Waals surface area contributed by atoms with Crippen LogP contribution in [-0.2, 0) is 23.9 Å². The van der Waals surface area contributed by atoms with Gasteiger partial charge in [0.1, 0.15) is 24.2 Å². The molecule has 2 fully saturated rings. The molecule has 1 saturated carbocycles. The lowest BCUT2D eigenvalue weighted by Gasteiger charge is -2.35. The second kappa shape index (κ2) is 17.3. The maximum atomic E-state index is 13.7. The number of nitrogens with one attached hydrogen (secondary N) is 3. The van der Waals surface area contributed by atoms with Crippen LogP contribution in [0.3, 0.4) is 0 Å². The largest absolute Gasteiger partial charge is 0.468 e. The zero-order valence-electron chi connectivity index (χ0n) is 32.6. The minimum atomic E-state index is -0.685. The Labute approximate surface area is 322 Å². The van der Waals surface area contributed by atoms with Gasteiger partial charge in [0.15, 0.2) is 0 Å². The number of rotatable bonds is 12. The summed E-state index contributed by atoms with van der Waals surface area (Å²) in [7, 11) is 2.63. The highest BCUT2D eigenvalue weighted by Crippen LogP contribution is 2.39. The predicted molar refractivity (Wildman–Crippen MR) is 208 cm³/mol. The lowest BCUT2D eigenvalue weighted by atomic mass is 9.77. The van der Waals surface area contributed by atoms with Crippen LogP contribution in [0.1, 0.15) is 89.8 Å². The van der Waals surface area contributed by atoms with E-state index in [-0.39, 0.29) is 48.2 Å². The third-order valence-electron chi connectivity index (χ3n) is 11.0. The summed E-state index contributed by atoms with van der Waals surface area (Å²) in [6.07, 6.45) is 8.26. The third kappa shape index (κ3) is 8.76. The monoisotopic (exact) mass is 751 g/mol. The molecule has 1 saturated heterocycles. The van der Waals surface area contributed by atoms with E-state index >= 15 is 0 Å². The molecule has 0 spiro atoms. The van der Waals surface area contributed by atoms with Crippen molar-refractivity contribution in [2.45, 2.75) is 90.3 Å². The van der Waals surface area contributed by atoms with E-state index in [0.717, 1.165) is 83.8 Å². The van der Waals surface area contributed by atoms with E-state index in [1.807, 2.05) is 38.8 Å². The number of esters is 1. The number of nitrogens with zero attached hydrogens (tertiary/aromatic N) is 4. The molecule has 2 aliphatic rings. The summed E-state index contributed by atoms with van der Waals surface area (Å²) in [6, 6.07) is 15.6. The zero-order valence-corrected chi connectivity index (χ0v) is 32.6. The van der Waals surface area contributed by atoms with Crippen molar-refractivity contribution in [3.05, 3.63) is 72.6 Å². The van der Waals surface area contributed by atoms with Gasteiger partial charge in [0.2, 0.25) is 11.8 Å². The second-order valence-electron chi connectivity index (χ2n) is 15.2. The summed E-state index contributed by atoms with van der Waals surface area (Å²) in [5, 5.41) is 2.70. The Morgan fingerprint density at radius 1 is 0.782 bits per heavy atom. The van der Waals surface area contributed by atoms with Gasteiger partial charge in [-0.1, -0.05) is 75.2 Å². The number of benzene rings is 2. The summed E-state index contributed by atoms with van der Waals surface area (Å²) < 4.78 is 9.62. The van der Waals surface area contributed by atoms with Gasteiger partial charge in [-0.2, -0.15) is 0 Å². The van der Waals surface area contributed by atoms with Crippen molar-refractivity contribution >= 4 is 23.9 Å². The third-order valence-corrected chi connectivity index (χ3v) is 11.0. The lowest BCUT2D eigenvalue weighted by molar-refractivity contribution is -0.150. The number of alkyl carbamates (subject to hydrolysis) is 1. The lowest BCUT2D eigenvalue weighted by Crippen LogP contribution is -2.51. The summed E-state index contributed by atoms with van der Waals surface area (Å²) in [5.74, 6) is 0.546. The van der Waals surface area contributed by atoms with Crippen molar-refractivity contribution in [2.75, 3.05) is 27.3 Å². The number of aromatic amines is 2. The van der Waals surface area contributed by atoms with E-state index in [0.29, 0.717) is 6.54 Å². The highest BCUT2D eigenvalue weighted by molar-refractivity contribution is 5.87. The molecular formula is C42H53N7O6. The van der Waals surface area contributed by atoms with E-state index in [9.17, 15) is 19.2 Å². The van der Waals surface area contributed by atoms with Crippen molar-refractivity contribution in [2.24, 2.45) is 11.8 Å². The van der Waals surface area contributed by atoms with E-state index in [1.54, 1.807) is 11.1 Å². The highest BCUT2D eigenvalue weighted by Gasteiger charge is 2.39. The normalized spacial score (nSPS) is 19.0. The molecule has 13 nitrogen and oxygen atoms in total. The smallest absolute Gasteiger partial charge is 0.407 e. The number of H-pyrrole nitrogens is 2. The van der Waals surface area contributed by atoms with E-state index in [4.69, 9.17) is 14.5 Å². The SMILES string of the molecule is COC(=O)CN(C(=O)C1CCCCC1c1ncc(-c2ccc(-c3ccc(-c4cnc([C@@H]5CCCN5C(=O)[C@@H](NC(=O)OC)C(C)C)[nH]4)cc3)cc2)[nH]1)C(C)C. The van der Waals surface area contributed by atoms with Crippen LogP contribution >= 0.6 is 0 Å². The second-order valence-corrected chi connectivity index (χ2v) is 15.2. The Bertz CT molecular complexity index is 1950. The number of imidazole rings is 2. The molecule has 292 valence electrons. The van der Waals surface area contributed by atoms with Crippen molar-refractivity contribution in [3.63, 3.8) is 0 Å². The summed E-state index contributed by atoms with van der Waals surface area (Å²) in [5.41, 5.74) is 5.86. The first-order valence-corrected chi connectivity index (χ1v) is 19.3. The maximum absolute atomic E-state index is 13.7. The van der Waals surface area contributed by atoms with Crippen molar-refractivity contribution in [1.29, 1.82) is 0 Å². The number of carbonyl (C=O) groups excluding carboxylic acids is 4. The maximum Gasteiger partial charge on any atom is 0.407 e. The fraction of sp³-hybridized carbons (Fsp3) is 0.476. The Hall–Kier alpha value is -5.46. The topological polar surface area (TPSA) is 163 Å². The quantitative estimate of drug-likeness (QED) is 0.132. The number of likely N-dealkylation sites (tertiary alicyclic amines) is 1. The highest BCUT2D eigenvalue weighted by atomic mass is 16.5. The number of amides is 3. The average molecular weight is 752 g/mol. The van der Waals surface area contributed by atoms with Gasteiger partial charge in [0.25, 0.3) is 0 Å². The van der Waals surface area contributed by atoms with Crippen molar-refractivity contribution in [3.8, 4) is 33.6 Å². The fourth-order valence-corrected chi connectivity index (χ4v) is 7.89. The predicted octanol–water partition coefficient (Wildman–Crippen LogP) is 6.86. The van der Waals surface area contributed by atoms with Gasteiger partial charge in [-0.25, -0.2) is 14.8 Å². The molecular weight excluding hydrogens is 699 g/mol. The molecule has 2 aromatic heterocycles. The van der Waals surface area contributed by atoms with Gasteiger partial charge in [0, 0.05) is 24.4 Å². The summed E-state index contributed by atoms with van der Waals surface area (Å²) in [4.78, 5) is 71.1. The van der Waals surface area contributed by atoms with Gasteiger partial charge in [-0.3, -0.25) is 14.4 Å². The van der Waals surface area contributed by atoms with Crippen LogP contribution < -0.4 is 5.32 Å². The van der Waals surface area contributed by atoms with Crippen molar-refractivity contribution < 1.29 is 28.7 Å². The van der Waals surface area contributed by atoms with Gasteiger partial charge in [-0.05, 0) is 67.7 Å². The molecule has 4 aromatic rings. The van der Waals surface area contributed by atoms with E-state index in [2.05, 4.69) is 68.8 Å². The van der Waals surface area contributed by atoms with Crippen LogP contribution in [0.2, 0.25) is 0 Å². The number of ether oxygens (including phenoxy) is 2. The molecule has 1 aliphatic heterocycles. The summed E-state index contributed by atoms with van der Waals surface area (Å²) >= 11 is 0. The van der Waals surface area contributed by atoms with Crippen molar-refractivity contribution in [1.82, 2.24) is 35.1 Å². The number of hydrogen-bond donors (Lipinski definition) is 3. The Morgan fingerprint density at radius 2 is 1.35 bits per heavy atom. The minimum Gasteiger partial charge on any atom is -0.468 e. The zero-order chi connectivity index (χ0) is 39.2. The molecule has 3 heterocycles. The molecule has 55 heavy (non-hydrogen) atoms. The number of carbonyl (C=O) groups is 4. The van der Waals surface area contributed by atoms with Crippen LogP contribution in [0, 0.1) is 11.8 Å². The number of hydrogen-bond acceptors (Lipinski definition) is 8. The first-order valence-electron chi connectivity index (χ1n) is 19.3. The van der Waals surface area contributed by atoms with Gasteiger partial charge >= 0.3 is 12.1 Å². The minimum absolute atomic E-state index is 0.0232. The Kier molecular flexibility index (Phi) is 12.4. The molecule has 2 unspecified atom stereocenters. The van der Waals surface area contributed by atoms with Crippen LogP contribution in [0.5, 0.6) is 0 Å². The van der Waals surface area contributed by atoms with E-state index in [1.165, 1.54) is 14.2 Å². The molecule has 6 rings (SSSR count). The fourth-order valence-electron chi connectivity index (χ4n) is 7.89. The van der Waals surface area contributed by atoms with Gasteiger partial charge in [-0.15, -0.1) is 0 Å². The van der Waals surface area contributed by atoms with Gasteiger partial charge < -0.3 is 34.6 Å². The average Bonchev–Trinajstić information content (AvgIpc) is 4.00. The van der Waals surface area contributed by atoms with Crippen LogP contribution in [0.25, 0.3) is 33.6 Å². The van der Waals surface area contributed by atoms with Gasteiger partial charge in [0.05, 0.1) is 44.0 Å². The molecule has 2 aromatic carbocycles. The Morgan fingerprint density at radius 3 is 1.91 bits per heavy atom. The molecule has 0 radical (unpaired) electrons. The van der Waals surface area contributed by atoms with E-state index < -0.39 is 18.1 Å². The Balaban J connectivity index is 1.11. The van der Waals surface area contributed by atoms with Crippen LogP contribution in [-0.4, -0.2) is 93.0 Å². The molecule has 0 bridgehead atoms. The van der Waals surface area contributed by atoms with Crippen LogP contribution in [0.4, 0.5) is 4.79 Å². The summed E-state index contributed by atoms with van der Waals surface area (Å²) in [6.45, 7) is 8.19. The number of aromatic nitrogens is 4. The molecule has 3 amide bonds. The van der Waals surface area contributed by atoms with Crippen LogP contribution in [0.15, 0.2) is 60.9 Å². The molecule has 4 atom stereocenters. The molecule has 3 N–H and O–H groups in total.